The van der Waals surface area contributed by atoms with Crippen LogP contribution < -0.4 is 5.32 Å². The van der Waals surface area contributed by atoms with Crippen LogP contribution >= 0.6 is 0 Å². The maximum Gasteiger partial charge on any atom is 0.257 e. The summed E-state index contributed by atoms with van der Waals surface area (Å²) in [5, 5.41) is 12.5. The molecule has 45 heavy (non-hydrogen) atoms. The van der Waals surface area contributed by atoms with Crippen LogP contribution in [0, 0.1) is 0 Å². The summed E-state index contributed by atoms with van der Waals surface area (Å²) in [5.74, 6) is -0.218. The van der Waals surface area contributed by atoms with Gasteiger partial charge in [-0.1, -0.05) is 97.1 Å². The molecule has 0 radical (unpaired) electrons. The number of benzene rings is 4. The molecule has 0 spiro atoms. The van der Waals surface area contributed by atoms with Crippen molar-refractivity contribution in [3.8, 4) is 0 Å². The summed E-state index contributed by atoms with van der Waals surface area (Å²) in [5.41, 5.74) is 6.44. The summed E-state index contributed by atoms with van der Waals surface area (Å²) in [7, 11) is 0. The first-order valence-corrected chi connectivity index (χ1v) is 15.2. The molecule has 1 aliphatic rings. The number of aliphatic hydroxyl groups excluding tert-OH is 1. The molecule has 0 saturated carbocycles. The van der Waals surface area contributed by atoms with E-state index in [1.165, 1.54) is 11.1 Å². The Bertz CT molecular complexity index is 1590. The predicted molar refractivity (Wildman–Crippen MR) is 174 cm³/mol. The molecular formula is C38H37N3O4. The van der Waals surface area contributed by atoms with E-state index in [0.29, 0.717) is 24.2 Å². The highest BCUT2D eigenvalue weighted by Crippen LogP contribution is 2.38. The lowest BCUT2D eigenvalue weighted by molar-refractivity contribution is -0.253. The standard InChI is InChI=1S/C38H37N3O4/c42-27-30-13-15-31(16-14-30)36-22-35(26-41(24-28-8-3-1-4-9-28)25-29-10-5-2-6-11-29)44-38(45-36)32-17-19-34(20-18-32)40-37(43)33-12-7-21-39-23-33/h1-21,23,35-36,38,42H,22,24-27H2,(H,40,43)/t35-,36+,38+/m0/s1. The monoisotopic (exact) mass is 599 g/mol. The number of aromatic nitrogens is 1. The molecule has 1 amide bonds. The molecule has 7 heteroatoms. The zero-order valence-corrected chi connectivity index (χ0v) is 25.0. The summed E-state index contributed by atoms with van der Waals surface area (Å²) < 4.78 is 13.2. The molecule has 4 aromatic carbocycles. The largest absolute Gasteiger partial charge is 0.392 e. The van der Waals surface area contributed by atoms with Crippen LogP contribution in [0.4, 0.5) is 5.69 Å². The number of rotatable bonds is 11. The fourth-order valence-electron chi connectivity index (χ4n) is 5.61. The predicted octanol–water partition coefficient (Wildman–Crippen LogP) is 7.07. The fourth-order valence-corrected chi connectivity index (χ4v) is 5.61. The minimum Gasteiger partial charge on any atom is -0.392 e. The molecular weight excluding hydrogens is 562 g/mol. The van der Waals surface area contributed by atoms with Gasteiger partial charge in [-0.3, -0.25) is 14.7 Å². The van der Waals surface area contributed by atoms with Crippen LogP contribution in [0.1, 0.15) is 57.0 Å². The number of carbonyl (C=O) groups is 1. The Morgan fingerprint density at radius 2 is 1.40 bits per heavy atom. The van der Waals surface area contributed by atoms with E-state index in [2.05, 4.69) is 63.7 Å². The number of hydrogen-bond acceptors (Lipinski definition) is 6. The second-order valence-corrected chi connectivity index (χ2v) is 11.3. The molecule has 1 aromatic heterocycles. The third kappa shape index (κ3) is 8.29. The first kappa shape index (κ1) is 30.4. The quantitative estimate of drug-likeness (QED) is 0.169. The summed E-state index contributed by atoms with van der Waals surface area (Å²) in [4.78, 5) is 19.1. The molecule has 0 aliphatic carbocycles. The third-order valence-electron chi connectivity index (χ3n) is 7.94. The lowest BCUT2D eigenvalue weighted by atomic mass is 9.99. The van der Waals surface area contributed by atoms with Gasteiger partial charge in [-0.15, -0.1) is 0 Å². The number of aliphatic hydroxyl groups is 1. The van der Waals surface area contributed by atoms with Crippen LogP contribution in [0.5, 0.6) is 0 Å². The third-order valence-corrected chi connectivity index (χ3v) is 7.94. The van der Waals surface area contributed by atoms with Crippen LogP contribution in [-0.2, 0) is 29.2 Å². The highest BCUT2D eigenvalue weighted by atomic mass is 16.7. The lowest BCUT2D eigenvalue weighted by Crippen LogP contribution is -2.39. The van der Waals surface area contributed by atoms with Crippen LogP contribution in [0.2, 0.25) is 0 Å². The molecule has 6 rings (SSSR count). The minimum absolute atomic E-state index is 0.00221. The van der Waals surface area contributed by atoms with Crippen molar-refractivity contribution in [3.63, 3.8) is 0 Å². The first-order chi connectivity index (χ1) is 22.1. The van der Waals surface area contributed by atoms with Crippen molar-refractivity contribution in [3.05, 3.63) is 167 Å². The van der Waals surface area contributed by atoms with Crippen LogP contribution in [-0.4, -0.2) is 33.5 Å². The van der Waals surface area contributed by atoms with E-state index in [0.717, 1.165) is 29.8 Å². The van der Waals surface area contributed by atoms with Gasteiger partial charge in [0.1, 0.15) is 0 Å². The van der Waals surface area contributed by atoms with E-state index in [-0.39, 0.29) is 24.7 Å². The van der Waals surface area contributed by atoms with Gasteiger partial charge in [0.25, 0.3) is 5.91 Å². The van der Waals surface area contributed by atoms with Gasteiger partial charge in [-0.2, -0.15) is 0 Å². The van der Waals surface area contributed by atoms with Gasteiger partial charge in [0, 0.05) is 49.7 Å². The van der Waals surface area contributed by atoms with Crippen molar-refractivity contribution in [2.24, 2.45) is 0 Å². The summed E-state index contributed by atoms with van der Waals surface area (Å²) in [6.45, 7) is 2.30. The van der Waals surface area contributed by atoms with E-state index in [9.17, 15) is 9.90 Å². The van der Waals surface area contributed by atoms with Gasteiger partial charge >= 0.3 is 0 Å². The first-order valence-electron chi connectivity index (χ1n) is 15.2. The number of ether oxygens (including phenoxy) is 2. The zero-order chi connectivity index (χ0) is 30.8. The van der Waals surface area contributed by atoms with Crippen LogP contribution in [0.25, 0.3) is 0 Å². The average molecular weight is 600 g/mol. The van der Waals surface area contributed by atoms with Gasteiger partial charge in [0.05, 0.1) is 24.4 Å². The van der Waals surface area contributed by atoms with Gasteiger partial charge in [0.15, 0.2) is 6.29 Å². The van der Waals surface area contributed by atoms with E-state index in [1.54, 1.807) is 24.5 Å². The number of nitrogens with zero attached hydrogens (tertiary/aromatic N) is 2. The molecule has 2 N–H and O–H groups in total. The number of amides is 1. The molecule has 0 bridgehead atoms. The van der Waals surface area contributed by atoms with Gasteiger partial charge in [-0.05, 0) is 46.5 Å². The average Bonchev–Trinajstić information content (AvgIpc) is 3.10. The summed E-state index contributed by atoms with van der Waals surface area (Å²) in [6.07, 6.45) is 2.98. The van der Waals surface area contributed by atoms with Crippen LogP contribution in [0.15, 0.2) is 134 Å². The number of anilines is 1. The maximum absolute atomic E-state index is 12.6. The lowest BCUT2D eigenvalue weighted by Gasteiger charge is -2.38. The Morgan fingerprint density at radius 3 is 2.00 bits per heavy atom. The second-order valence-electron chi connectivity index (χ2n) is 11.3. The number of pyridine rings is 1. The molecule has 1 fully saturated rings. The van der Waals surface area contributed by atoms with Crippen molar-refractivity contribution in [2.75, 3.05) is 11.9 Å². The zero-order valence-electron chi connectivity index (χ0n) is 25.0. The minimum atomic E-state index is -0.593. The summed E-state index contributed by atoms with van der Waals surface area (Å²) in [6, 6.07) is 40.0. The summed E-state index contributed by atoms with van der Waals surface area (Å²) >= 11 is 0. The van der Waals surface area contributed by atoms with Gasteiger partial charge in [0.2, 0.25) is 0 Å². The highest BCUT2D eigenvalue weighted by molar-refractivity contribution is 6.04. The van der Waals surface area contributed by atoms with Crippen molar-refractivity contribution >= 4 is 11.6 Å². The normalized spacial score (nSPS) is 18.0. The molecule has 0 unspecified atom stereocenters. The van der Waals surface area contributed by atoms with E-state index in [4.69, 9.17) is 9.47 Å². The van der Waals surface area contributed by atoms with Crippen molar-refractivity contribution in [1.82, 2.24) is 9.88 Å². The van der Waals surface area contributed by atoms with E-state index < -0.39 is 6.29 Å². The second kappa shape index (κ2) is 14.9. The van der Waals surface area contributed by atoms with Crippen molar-refractivity contribution in [2.45, 2.75) is 44.6 Å². The highest BCUT2D eigenvalue weighted by Gasteiger charge is 2.33. The SMILES string of the molecule is O=C(Nc1ccc([C@@H]2O[C@H](CN(Cc3ccccc3)Cc3ccccc3)C[C@H](c3ccc(CO)cc3)O2)cc1)c1cccnc1. The van der Waals surface area contributed by atoms with Gasteiger partial charge in [-0.25, -0.2) is 0 Å². The Hall–Kier alpha value is -4.66. The Kier molecular flexibility index (Phi) is 10.0. The van der Waals surface area contributed by atoms with E-state index >= 15 is 0 Å². The molecule has 228 valence electrons. The van der Waals surface area contributed by atoms with Crippen molar-refractivity contribution < 1.29 is 19.4 Å². The topological polar surface area (TPSA) is 83.9 Å². The molecule has 1 saturated heterocycles. The Morgan fingerprint density at radius 1 is 0.756 bits per heavy atom. The Balaban J connectivity index is 1.22. The maximum atomic E-state index is 12.6. The van der Waals surface area contributed by atoms with E-state index in [1.807, 2.05) is 60.7 Å². The number of hydrogen-bond donors (Lipinski definition) is 2. The molecule has 3 atom stereocenters. The van der Waals surface area contributed by atoms with Gasteiger partial charge < -0.3 is 19.9 Å². The Labute approximate surface area is 264 Å². The molecule has 5 aromatic rings. The molecule has 1 aliphatic heterocycles. The smallest absolute Gasteiger partial charge is 0.257 e. The number of nitrogens with one attached hydrogen (secondary N) is 1. The number of carbonyl (C=O) groups excluding carboxylic acids is 1. The molecule has 7 nitrogen and oxygen atoms in total. The van der Waals surface area contributed by atoms with Crippen molar-refractivity contribution in [1.29, 1.82) is 0 Å². The molecule has 2 heterocycles. The van der Waals surface area contributed by atoms with Crippen LogP contribution in [0.3, 0.4) is 0 Å². The fraction of sp³-hybridized carbons (Fsp3) is 0.211.